The molecule has 0 heterocycles. The number of carbonyl (C=O) groups is 2. The SMILES string of the molecule is CCC[C@@H](N)C(=O)NC1CCCC(C(=O)O)C1. The Morgan fingerprint density at radius 3 is 2.76 bits per heavy atom. The van der Waals surface area contributed by atoms with Gasteiger partial charge in [-0.25, -0.2) is 0 Å². The number of carboxylic acid groups (broad SMARTS) is 1. The van der Waals surface area contributed by atoms with Crippen molar-refractivity contribution in [3.63, 3.8) is 0 Å². The maximum Gasteiger partial charge on any atom is 0.306 e. The summed E-state index contributed by atoms with van der Waals surface area (Å²) in [5.74, 6) is -1.24. The Morgan fingerprint density at radius 1 is 1.47 bits per heavy atom. The molecule has 0 saturated heterocycles. The van der Waals surface area contributed by atoms with Gasteiger partial charge in [0.05, 0.1) is 12.0 Å². The highest BCUT2D eigenvalue weighted by atomic mass is 16.4. The van der Waals surface area contributed by atoms with Crippen LogP contribution in [-0.4, -0.2) is 29.1 Å². The van der Waals surface area contributed by atoms with E-state index in [-0.39, 0.29) is 17.9 Å². The summed E-state index contributed by atoms with van der Waals surface area (Å²) in [4.78, 5) is 22.6. The van der Waals surface area contributed by atoms with Gasteiger partial charge < -0.3 is 16.2 Å². The van der Waals surface area contributed by atoms with Gasteiger partial charge in [0.2, 0.25) is 5.91 Å². The molecule has 0 aromatic heterocycles. The number of carboxylic acids is 1. The van der Waals surface area contributed by atoms with Gasteiger partial charge in [0.1, 0.15) is 0 Å². The van der Waals surface area contributed by atoms with Crippen molar-refractivity contribution in [3.05, 3.63) is 0 Å². The molecule has 98 valence electrons. The van der Waals surface area contributed by atoms with E-state index in [9.17, 15) is 9.59 Å². The lowest BCUT2D eigenvalue weighted by Crippen LogP contribution is -2.47. The van der Waals surface area contributed by atoms with Crippen LogP contribution < -0.4 is 11.1 Å². The van der Waals surface area contributed by atoms with Gasteiger partial charge in [0.15, 0.2) is 0 Å². The molecule has 0 aliphatic heterocycles. The van der Waals surface area contributed by atoms with Crippen molar-refractivity contribution in [2.24, 2.45) is 11.7 Å². The second-order valence-corrected chi connectivity index (χ2v) is 4.80. The minimum Gasteiger partial charge on any atom is -0.481 e. The van der Waals surface area contributed by atoms with Crippen LogP contribution >= 0.6 is 0 Å². The molecule has 1 amide bonds. The largest absolute Gasteiger partial charge is 0.481 e. The summed E-state index contributed by atoms with van der Waals surface area (Å²) in [5, 5.41) is 11.8. The standard InChI is InChI=1S/C12H22N2O3/c1-2-4-10(13)11(15)14-9-6-3-5-8(7-9)12(16)17/h8-10H,2-7,13H2,1H3,(H,14,15)(H,16,17)/t8?,9?,10-/m1/s1. The van der Waals surface area contributed by atoms with Crippen LogP contribution in [0.25, 0.3) is 0 Å². The first-order chi connectivity index (χ1) is 8.04. The maximum atomic E-state index is 11.7. The van der Waals surface area contributed by atoms with E-state index in [0.717, 1.165) is 19.3 Å². The third-order valence-electron chi connectivity index (χ3n) is 3.31. The highest BCUT2D eigenvalue weighted by Crippen LogP contribution is 2.24. The van der Waals surface area contributed by atoms with Crippen molar-refractivity contribution in [3.8, 4) is 0 Å². The summed E-state index contributed by atoms with van der Waals surface area (Å²) in [6.45, 7) is 1.98. The summed E-state index contributed by atoms with van der Waals surface area (Å²) in [6, 6.07) is -0.495. The monoisotopic (exact) mass is 242 g/mol. The second-order valence-electron chi connectivity index (χ2n) is 4.80. The van der Waals surface area contributed by atoms with E-state index in [1.54, 1.807) is 0 Å². The molecular weight excluding hydrogens is 220 g/mol. The summed E-state index contributed by atoms with van der Waals surface area (Å²) >= 11 is 0. The lowest BCUT2D eigenvalue weighted by molar-refractivity contribution is -0.143. The Morgan fingerprint density at radius 2 is 2.18 bits per heavy atom. The molecule has 3 atom stereocenters. The maximum absolute atomic E-state index is 11.7. The van der Waals surface area contributed by atoms with Gasteiger partial charge in [-0.2, -0.15) is 0 Å². The van der Waals surface area contributed by atoms with E-state index < -0.39 is 12.0 Å². The van der Waals surface area contributed by atoms with Crippen molar-refractivity contribution in [2.45, 2.75) is 57.5 Å². The number of hydrogen-bond donors (Lipinski definition) is 3. The molecule has 4 N–H and O–H groups in total. The molecule has 17 heavy (non-hydrogen) atoms. The second kappa shape index (κ2) is 6.59. The molecule has 1 fully saturated rings. The van der Waals surface area contributed by atoms with Gasteiger partial charge in [0.25, 0.3) is 0 Å². The fourth-order valence-corrected chi connectivity index (χ4v) is 2.30. The molecule has 1 aliphatic rings. The number of nitrogens with two attached hydrogens (primary N) is 1. The Hall–Kier alpha value is -1.10. The average Bonchev–Trinajstić information content (AvgIpc) is 2.29. The minimum atomic E-state index is -0.762. The van der Waals surface area contributed by atoms with Crippen molar-refractivity contribution >= 4 is 11.9 Å². The molecular formula is C12H22N2O3. The van der Waals surface area contributed by atoms with Crippen LogP contribution in [0.2, 0.25) is 0 Å². The molecule has 0 aromatic rings. The molecule has 0 spiro atoms. The number of amides is 1. The molecule has 0 bridgehead atoms. The van der Waals surface area contributed by atoms with E-state index in [0.29, 0.717) is 19.3 Å². The number of carbonyl (C=O) groups excluding carboxylic acids is 1. The lowest BCUT2D eigenvalue weighted by atomic mass is 9.85. The molecule has 5 heteroatoms. The van der Waals surface area contributed by atoms with Crippen LogP contribution in [0.4, 0.5) is 0 Å². The van der Waals surface area contributed by atoms with Crippen molar-refractivity contribution < 1.29 is 14.7 Å². The van der Waals surface area contributed by atoms with Crippen LogP contribution in [0.1, 0.15) is 45.4 Å². The zero-order chi connectivity index (χ0) is 12.8. The zero-order valence-corrected chi connectivity index (χ0v) is 10.3. The number of aliphatic carboxylic acids is 1. The molecule has 0 aromatic carbocycles. The Labute approximate surface area is 102 Å². The van der Waals surface area contributed by atoms with Crippen LogP contribution in [-0.2, 0) is 9.59 Å². The Kier molecular flexibility index (Phi) is 5.41. The normalized spacial score (nSPS) is 26.2. The van der Waals surface area contributed by atoms with Crippen molar-refractivity contribution in [1.82, 2.24) is 5.32 Å². The van der Waals surface area contributed by atoms with E-state index in [1.165, 1.54) is 0 Å². The van der Waals surface area contributed by atoms with Crippen LogP contribution in [0.15, 0.2) is 0 Å². The number of nitrogens with one attached hydrogen (secondary N) is 1. The molecule has 5 nitrogen and oxygen atoms in total. The average molecular weight is 242 g/mol. The molecule has 0 radical (unpaired) electrons. The fourth-order valence-electron chi connectivity index (χ4n) is 2.30. The van der Waals surface area contributed by atoms with Crippen molar-refractivity contribution in [2.75, 3.05) is 0 Å². The fraction of sp³-hybridized carbons (Fsp3) is 0.833. The highest BCUT2D eigenvalue weighted by Gasteiger charge is 2.28. The summed E-state index contributed by atoms with van der Waals surface area (Å²) in [6.07, 6.45) is 4.49. The van der Waals surface area contributed by atoms with Gasteiger partial charge in [0, 0.05) is 6.04 Å². The van der Waals surface area contributed by atoms with Crippen LogP contribution in [0.5, 0.6) is 0 Å². The first kappa shape index (κ1) is 14.0. The molecule has 1 rings (SSSR count). The predicted octanol–water partition coefficient (Wildman–Crippen LogP) is 0.873. The minimum absolute atomic E-state index is 0.0275. The quantitative estimate of drug-likeness (QED) is 0.667. The van der Waals surface area contributed by atoms with Gasteiger partial charge >= 0.3 is 5.97 Å². The third-order valence-corrected chi connectivity index (χ3v) is 3.31. The van der Waals surface area contributed by atoms with E-state index in [2.05, 4.69) is 5.32 Å². The lowest BCUT2D eigenvalue weighted by Gasteiger charge is -2.28. The van der Waals surface area contributed by atoms with Gasteiger partial charge in [-0.05, 0) is 25.7 Å². The van der Waals surface area contributed by atoms with Crippen molar-refractivity contribution in [1.29, 1.82) is 0 Å². The summed E-state index contributed by atoms with van der Waals surface area (Å²) in [5.41, 5.74) is 5.71. The first-order valence-electron chi connectivity index (χ1n) is 6.33. The van der Waals surface area contributed by atoms with Gasteiger partial charge in [-0.3, -0.25) is 9.59 Å². The Bertz CT molecular complexity index is 281. The topological polar surface area (TPSA) is 92.4 Å². The summed E-state index contributed by atoms with van der Waals surface area (Å²) in [7, 11) is 0. The Balaban J connectivity index is 2.40. The van der Waals surface area contributed by atoms with Crippen LogP contribution in [0.3, 0.4) is 0 Å². The van der Waals surface area contributed by atoms with Crippen LogP contribution in [0, 0.1) is 5.92 Å². The predicted molar refractivity (Wildman–Crippen MR) is 64.4 cm³/mol. The zero-order valence-electron chi connectivity index (χ0n) is 10.3. The van der Waals surface area contributed by atoms with E-state index in [1.807, 2.05) is 6.92 Å². The first-order valence-corrected chi connectivity index (χ1v) is 6.33. The molecule has 1 saturated carbocycles. The van der Waals surface area contributed by atoms with E-state index >= 15 is 0 Å². The number of rotatable bonds is 5. The highest BCUT2D eigenvalue weighted by molar-refractivity contribution is 5.81. The smallest absolute Gasteiger partial charge is 0.306 e. The van der Waals surface area contributed by atoms with Gasteiger partial charge in [-0.15, -0.1) is 0 Å². The number of hydrogen-bond acceptors (Lipinski definition) is 3. The molecule has 1 aliphatic carbocycles. The summed E-state index contributed by atoms with van der Waals surface area (Å²) < 4.78 is 0. The third kappa shape index (κ3) is 4.34. The van der Waals surface area contributed by atoms with E-state index in [4.69, 9.17) is 10.8 Å². The van der Waals surface area contributed by atoms with Gasteiger partial charge in [-0.1, -0.05) is 19.8 Å². The molecule has 2 unspecified atom stereocenters.